The third-order valence-electron chi connectivity index (χ3n) is 2.79. The molecule has 0 bridgehead atoms. The van der Waals surface area contributed by atoms with Crippen molar-refractivity contribution >= 4 is 11.6 Å². The van der Waals surface area contributed by atoms with Crippen LogP contribution in [-0.2, 0) is 0 Å². The molecule has 0 aliphatic rings. The Bertz CT molecular complexity index is 581. The number of nitrogens with zero attached hydrogens (tertiary/aromatic N) is 3. The second-order valence-corrected chi connectivity index (χ2v) is 4.50. The smallest absolute Gasteiger partial charge is 0.213 e. The monoisotopic (exact) mass is 260 g/mol. The summed E-state index contributed by atoms with van der Waals surface area (Å²) in [6.45, 7) is 1.88. The van der Waals surface area contributed by atoms with Gasteiger partial charge in [0.15, 0.2) is 0 Å². The molecular weight excluding hydrogens is 248 g/mol. The van der Waals surface area contributed by atoms with E-state index in [1.165, 1.54) is 0 Å². The molecule has 5 heteroatoms. The Morgan fingerprint density at radius 1 is 1.44 bits per heavy atom. The summed E-state index contributed by atoms with van der Waals surface area (Å²) < 4.78 is 1.76. The Morgan fingerprint density at radius 3 is 2.78 bits per heavy atom. The van der Waals surface area contributed by atoms with E-state index in [2.05, 4.69) is 11.1 Å². The van der Waals surface area contributed by atoms with Gasteiger partial charge in [0, 0.05) is 23.5 Å². The summed E-state index contributed by atoms with van der Waals surface area (Å²) >= 11 is 6.20. The van der Waals surface area contributed by atoms with E-state index in [0.29, 0.717) is 10.8 Å². The molecule has 2 unspecified atom stereocenters. The molecule has 0 spiro atoms. The number of benzene rings is 1. The normalized spacial score (nSPS) is 13.9. The molecule has 0 radical (unpaired) electrons. The van der Waals surface area contributed by atoms with E-state index in [4.69, 9.17) is 22.6 Å². The Labute approximate surface area is 111 Å². The van der Waals surface area contributed by atoms with Gasteiger partial charge in [-0.1, -0.05) is 29.8 Å². The molecule has 18 heavy (non-hydrogen) atoms. The molecule has 92 valence electrons. The lowest BCUT2D eigenvalue weighted by atomic mass is 10.0. The number of nitriles is 1. The Morgan fingerprint density at radius 2 is 2.17 bits per heavy atom. The molecule has 0 aliphatic heterocycles. The first-order valence-corrected chi connectivity index (χ1v) is 5.96. The van der Waals surface area contributed by atoms with Gasteiger partial charge in [0.1, 0.15) is 6.07 Å². The molecular formula is C13H13ClN4. The van der Waals surface area contributed by atoms with Crippen LogP contribution >= 0.6 is 11.6 Å². The van der Waals surface area contributed by atoms with E-state index >= 15 is 0 Å². The largest absolute Gasteiger partial charge is 0.326 e. The quantitative estimate of drug-likeness (QED) is 0.921. The van der Waals surface area contributed by atoms with E-state index in [0.717, 1.165) is 5.56 Å². The standard InChI is InChI=1S/C13H13ClN4/c1-9(16)13(10-4-2-3-5-11(10)14)18-7-6-17-12(18)8-15/h2-7,9,13H,16H2,1H3. The van der Waals surface area contributed by atoms with Crippen molar-refractivity contribution in [2.24, 2.45) is 5.73 Å². The van der Waals surface area contributed by atoms with Crippen molar-refractivity contribution < 1.29 is 0 Å². The van der Waals surface area contributed by atoms with Gasteiger partial charge in [-0.3, -0.25) is 0 Å². The SMILES string of the molecule is CC(N)C(c1ccccc1Cl)n1ccnc1C#N. The van der Waals surface area contributed by atoms with Gasteiger partial charge in [0.2, 0.25) is 5.82 Å². The van der Waals surface area contributed by atoms with Crippen molar-refractivity contribution in [1.82, 2.24) is 9.55 Å². The maximum atomic E-state index is 9.05. The molecule has 2 rings (SSSR count). The summed E-state index contributed by atoms with van der Waals surface area (Å²) in [6.07, 6.45) is 3.33. The first kappa shape index (κ1) is 12.6. The van der Waals surface area contributed by atoms with Crippen molar-refractivity contribution in [3.05, 3.63) is 53.1 Å². The van der Waals surface area contributed by atoms with E-state index < -0.39 is 0 Å². The predicted molar refractivity (Wildman–Crippen MR) is 70.2 cm³/mol. The fourth-order valence-corrected chi connectivity index (χ4v) is 2.27. The molecule has 0 aliphatic carbocycles. The Hall–Kier alpha value is -1.83. The van der Waals surface area contributed by atoms with Gasteiger partial charge >= 0.3 is 0 Å². The lowest BCUT2D eigenvalue weighted by molar-refractivity contribution is 0.492. The zero-order valence-corrected chi connectivity index (χ0v) is 10.7. The van der Waals surface area contributed by atoms with Crippen molar-refractivity contribution in [3.8, 4) is 6.07 Å². The Balaban J connectivity index is 2.55. The van der Waals surface area contributed by atoms with Gasteiger partial charge in [0.25, 0.3) is 0 Å². The lowest BCUT2D eigenvalue weighted by Crippen LogP contribution is -2.30. The van der Waals surface area contributed by atoms with Gasteiger partial charge in [-0.15, -0.1) is 0 Å². The van der Waals surface area contributed by atoms with E-state index in [9.17, 15) is 0 Å². The molecule has 0 saturated carbocycles. The van der Waals surface area contributed by atoms with Crippen molar-refractivity contribution in [2.75, 3.05) is 0 Å². The maximum Gasteiger partial charge on any atom is 0.213 e. The first-order chi connectivity index (χ1) is 8.65. The molecule has 2 aromatic rings. The van der Waals surface area contributed by atoms with Gasteiger partial charge in [-0.2, -0.15) is 5.26 Å². The lowest BCUT2D eigenvalue weighted by Gasteiger charge is -2.24. The zero-order valence-electron chi connectivity index (χ0n) is 9.92. The fourth-order valence-electron chi connectivity index (χ4n) is 2.03. The maximum absolute atomic E-state index is 9.05. The third kappa shape index (κ3) is 2.23. The predicted octanol–water partition coefficient (Wildman–Crippen LogP) is 2.34. The highest BCUT2D eigenvalue weighted by Crippen LogP contribution is 2.28. The van der Waals surface area contributed by atoms with Gasteiger partial charge < -0.3 is 10.3 Å². The highest BCUT2D eigenvalue weighted by Gasteiger charge is 2.22. The minimum atomic E-state index is -0.198. The molecule has 0 fully saturated rings. The zero-order chi connectivity index (χ0) is 13.1. The second kappa shape index (κ2) is 5.21. The Kier molecular flexibility index (Phi) is 3.66. The van der Waals surface area contributed by atoms with E-state index in [1.54, 1.807) is 17.0 Å². The van der Waals surface area contributed by atoms with Crippen molar-refractivity contribution in [1.29, 1.82) is 5.26 Å². The average Bonchev–Trinajstić information content (AvgIpc) is 2.79. The summed E-state index contributed by atoms with van der Waals surface area (Å²) in [6, 6.07) is 9.16. The van der Waals surface area contributed by atoms with Crippen LogP contribution in [0.25, 0.3) is 0 Å². The van der Waals surface area contributed by atoms with Crippen LogP contribution in [0.4, 0.5) is 0 Å². The first-order valence-electron chi connectivity index (χ1n) is 5.58. The van der Waals surface area contributed by atoms with Gasteiger partial charge in [-0.25, -0.2) is 4.98 Å². The molecule has 2 atom stereocenters. The number of rotatable bonds is 3. The van der Waals surface area contributed by atoms with Gasteiger partial charge in [-0.05, 0) is 18.6 Å². The highest BCUT2D eigenvalue weighted by atomic mass is 35.5. The molecule has 1 aromatic heterocycles. The minimum absolute atomic E-state index is 0.189. The number of hydrogen-bond donors (Lipinski definition) is 1. The van der Waals surface area contributed by atoms with Crippen LogP contribution in [-0.4, -0.2) is 15.6 Å². The van der Waals surface area contributed by atoms with Crippen LogP contribution in [0.15, 0.2) is 36.7 Å². The molecule has 0 saturated heterocycles. The minimum Gasteiger partial charge on any atom is -0.326 e. The van der Waals surface area contributed by atoms with Crippen LogP contribution in [0.1, 0.15) is 24.4 Å². The third-order valence-corrected chi connectivity index (χ3v) is 3.13. The van der Waals surface area contributed by atoms with Crippen molar-refractivity contribution in [3.63, 3.8) is 0 Å². The molecule has 4 nitrogen and oxygen atoms in total. The van der Waals surface area contributed by atoms with Crippen LogP contribution in [0.5, 0.6) is 0 Å². The second-order valence-electron chi connectivity index (χ2n) is 4.10. The highest BCUT2D eigenvalue weighted by molar-refractivity contribution is 6.31. The van der Waals surface area contributed by atoms with E-state index in [1.807, 2.05) is 31.2 Å². The number of hydrogen-bond acceptors (Lipinski definition) is 3. The van der Waals surface area contributed by atoms with Crippen LogP contribution in [0, 0.1) is 11.3 Å². The average molecular weight is 261 g/mol. The molecule has 2 N–H and O–H groups in total. The van der Waals surface area contributed by atoms with Crippen LogP contribution in [0.3, 0.4) is 0 Å². The number of halogens is 1. The number of aromatic nitrogens is 2. The summed E-state index contributed by atoms with van der Waals surface area (Å²) in [5.74, 6) is 0.331. The molecule has 1 heterocycles. The summed E-state index contributed by atoms with van der Waals surface area (Å²) in [4.78, 5) is 4.00. The number of nitrogens with two attached hydrogens (primary N) is 1. The fraction of sp³-hybridized carbons (Fsp3) is 0.231. The summed E-state index contributed by atoms with van der Waals surface area (Å²) in [7, 11) is 0. The molecule has 1 aromatic carbocycles. The van der Waals surface area contributed by atoms with Crippen LogP contribution < -0.4 is 5.73 Å². The summed E-state index contributed by atoms with van der Waals surface area (Å²) in [5, 5.41) is 9.68. The van der Waals surface area contributed by atoms with Crippen LogP contribution in [0.2, 0.25) is 5.02 Å². The van der Waals surface area contributed by atoms with Gasteiger partial charge in [0.05, 0.1) is 6.04 Å². The summed E-state index contributed by atoms with van der Waals surface area (Å²) in [5.41, 5.74) is 6.93. The topological polar surface area (TPSA) is 67.6 Å². The molecule has 0 amide bonds. The van der Waals surface area contributed by atoms with Crippen molar-refractivity contribution in [2.45, 2.75) is 19.0 Å². The number of imidazole rings is 1. The van der Waals surface area contributed by atoms with E-state index in [-0.39, 0.29) is 12.1 Å².